The van der Waals surface area contributed by atoms with Crippen LogP contribution < -0.4 is 9.47 Å². The third-order valence-corrected chi connectivity index (χ3v) is 9.92. The molecule has 2 aromatic rings. The van der Waals surface area contributed by atoms with Gasteiger partial charge in [-0.3, -0.25) is 4.79 Å². The number of hydrogen-bond acceptors (Lipinski definition) is 8. The average Bonchev–Trinajstić information content (AvgIpc) is 3.34. The fourth-order valence-electron chi connectivity index (χ4n) is 3.86. The molecule has 35 heavy (non-hydrogen) atoms. The molecule has 0 aromatic heterocycles. The fraction of sp³-hybridized carbons (Fsp3) is 0.500. The third-order valence-electron chi connectivity index (χ3n) is 5.40. The predicted octanol–water partition coefficient (Wildman–Crippen LogP) is 5.76. The number of fused-ring (bicyclic) bond motifs is 1. The standard InChI is InChI=1S/C26H36O7SSi/c1-4-31-35(32-5-2,33-6-3)16-10-15-34-25(22-11-8-7-9-12-22)18-26(27)28-19-21-13-14-23-24(17-21)30-20-29-23/h7-9,11-14,17,25H,4-6,10,15-16,18-20H2,1-3H3. The first-order chi connectivity index (χ1) is 17.1. The van der Waals surface area contributed by atoms with Crippen LogP contribution in [-0.2, 0) is 29.4 Å². The zero-order valence-corrected chi connectivity index (χ0v) is 22.6. The first-order valence-electron chi connectivity index (χ1n) is 12.2. The number of benzene rings is 2. The molecule has 7 nitrogen and oxygen atoms in total. The lowest BCUT2D eigenvalue weighted by Crippen LogP contribution is -2.46. The summed E-state index contributed by atoms with van der Waals surface area (Å²) in [5.74, 6) is 2.02. The van der Waals surface area contributed by atoms with Crippen LogP contribution in [0.3, 0.4) is 0 Å². The third kappa shape index (κ3) is 8.54. The lowest BCUT2D eigenvalue weighted by Gasteiger charge is -2.28. The summed E-state index contributed by atoms with van der Waals surface area (Å²) in [4.78, 5) is 12.7. The van der Waals surface area contributed by atoms with Crippen LogP contribution in [0.4, 0.5) is 0 Å². The summed E-state index contributed by atoms with van der Waals surface area (Å²) in [7, 11) is -2.66. The normalized spacial score (nSPS) is 13.6. The van der Waals surface area contributed by atoms with Crippen molar-refractivity contribution in [3.8, 4) is 11.5 Å². The molecule has 1 aliphatic rings. The van der Waals surface area contributed by atoms with E-state index in [4.69, 9.17) is 27.5 Å². The minimum atomic E-state index is -2.66. The van der Waals surface area contributed by atoms with Gasteiger partial charge in [-0.05, 0) is 56.2 Å². The van der Waals surface area contributed by atoms with Crippen molar-refractivity contribution in [3.63, 3.8) is 0 Å². The molecule has 192 valence electrons. The van der Waals surface area contributed by atoms with E-state index in [9.17, 15) is 4.79 Å². The molecule has 0 spiro atoms. The van der Waals surface area contributed by atoms with Gasteiger partial charge in [-0.15, -0.1) is 0 Å². The van der Waals surface area contributed by atoms with Gasteiger partial charge < -0.3 is 27.5 Å². The number of rotatable bonds is 16. The number of thioether (sulfide) groups is 1. The molecule has 0 radical (unpaired) electrons. The van der Waals surface area contributed by atoms with E-state index in [2.05, 4.69) is 12.1 Å². The van der Waals surface area contributed by atoms with Crippen molar-refractivity contribution in [1.82, 2.24) is 0 Å². The first kappa shape index (κ1) is 27.5. The van der Waals surface area contributed by atoms with Crippen molar-refractivity contribution in [2.75, 3.05) is 32.4 Å². The van der Waals surface area contributed by atoms with E-state index in [1.807, 2.05) is 57.2 Å². The Balaban J connectivity index is 1.54. The Morgan fingerprint density at radius 1 is 0.971 bits per heavy atom. The van der Waals surface area contributed by atoms with Crippen LogP contribution in [0.1, 0.15) is 50.0 Å². The fourth-order valence-corrected chi connectivity index (χ4v) is 7.93. The van der Waals surface area contributed by atoms with E-state index in [1.54, 1.807) is 11.8 Å². The van der Waals surface area contributed by atoms with Crippen molar-refractivity contribution < 1.29 is 32.3 Å². The van der Waals surface area contributed by atoms with Gasteiger partial charge in [-0.2, -0.15) is 11.8 Å². The maximum Gasteiger partial charge on any atom is 0.500 e. The van der Waals surface area contributed by atoms with Gasteiger partial charge in [0.15, 0.2) is 11.5 Å². The average molecular weight is 521 g/mol. The lowest BCUT2D eigenvalue weighted by atomic mass is 10.1. The number of ether oxygens (including phenoxy) is 3. The molecule has 0 N–H and O–H groups in total. The minimum Gasteiger partial charge on any atom is -0.461 e. The van der Waals surface area contributed by atoms with Gasteiger partial charge in [0, 0.05) is 31.1 Å². The lowest BCUT2D eigenvalue weighted by molar-refractivity contribution is -0.144. The van der Waals surface area contributed by atoms with Crippen molar-refractivity contribution in [1.29, 1.82) is 0 Å². The summed E-state index contributed by atoms with van der Waals surface area (Å²) in [6.07, 6.45) is 1.18. The van der Waals surface area contributed by atoms with Crippen LogP contribution in [0.15, 0.2) is 48.5 Å². The molecule has 1 unspecified atom stereocenters. The Hall–Kier alpha value is -2.04. The van der Waals surface area contributed by atoms with Crippen LogP contribution in [-0.4, -0.2) is 47.1 Å². The van der Waals surface area contributed by atoms with Crippen molar-refractivity contribution in [3.05, 3.63) is 59.7 Å². The molecule has 0 saturated carbocycles. The number of hydrogen-bond donors (Lipinski definition) is 0. The maximum absolute atomic E-state index is 12.7. The van der Waals surface area contributed by atoms with Crippen LogP contribution in [0, 0.1) is 0 Å². The molecule has 0 fully saturated rings. The molecular weight excluding hydrogens is 484 g/mol. The zero-order valence-electron chi connectivity index (χ0n) is 20.8. The van der Waals surface area contributed by atoms with Crippen LogP contribution in [0.5, 0.6) is 11.5 Å². The molecule has 1 aliphatic heterocycles. The van der Waals surface area contributed by atoms with E-state index >= 15 is 0 Å². The second kappa shape index (κ2) is 14.5. The Morgan fingerprint density at radius 2 is 1.66 bits per heavy atom. The number of carbonyl (C=O) groups excluding carboxylic acids is 1. The van der Waals surface area contributed by atoms with Gasteiger partial charge in [-0.1, -0.05) is 36.4 Å². The van der Waals surface area contributed by atoms with Gasteiger partial charge in [0.1, 0.15) is 6.61 Å². The summed E-state index contributed by atoms with van der Waals surface area (Å²) < 4.78 is 34.2. The minimum absolute atomic E-state index is 0.00259. The van der Waals surface area contributed by atoms with Crippen LogP contribution in [0.25, 0.3) is 0 Å². The van der Waals surface area contributed by atoms with E-state index in [1.165, 1.54) is 0 Å². The molecular formula is C26H36O7SSi. The molecule has 1 heterocycles. The van der Waals surface area contributed by atoms with Gasteiger partial charge in [0.2, 0.25) is 6.79 Å². The van der Waals surface area contributed by atoms with Crippen LogP contribution in [0.2, 0.25) is 6.04 Å². The Labute approximate surface area is 213 Å². The van der Waals surface area contributed by atoms with E-state index < -0.39 is 8.80 Å². The van der Waals surface area contributed by atoms with E-state index in [-0.39, 0.29) is 24.6 Å². The second-order valence-electron chi connectivity index (χ2n) is 7.91. The number of carbonyl (C=O) groups is 1. The second-order valence-corrected chi connectivity index (χ2v) is 12.0. The highest BCUT2D eigenvalue weighted by Gasteiger charge is 2.39. The van der Waals surface area contributed by atoms with E-state index in [0.29, 0.717) is 37.7 Å². The molecule has 0 bridgehead atoms. The monoisotopic (exact) mass is 520 g/mol. The van der Waals surface area contributed by atoms with Crippen molar-refractivity contribution in [2.24, 2.45) is 0 Å². The maximum atomic E-state index is 12.7. The Morgan fingerprint density at radius 3 is 2.34 bits per heavy atom. The van der Waals surface area contributed by atoms with Gasteiger partial charge in [0.25, 0.3) is 0 Å². The molecule has 0 aliphatic carbocycles. The highest BCUT2D eigenvalue weighted by Crippen LogP contribution is 2.35. The molecule has 1 atom stereocenters. The van der Waals surface area contributed by atoms with E-state index in [0.717, 1.165) is 29.3 Å². The SMILES string of the molecule is CCO[Si](CCCSC(CC(=O)OCc1ccc2c(c1)OCO2)c1ccccc1)(OCC)OCC. The van der Waals surface area contributed by atoms with Crippen LogP contribution >= 0.6 is 11.8 Å². The predicted molar refractivity (Wildman–Crippen MR) is 139 cm³/mol. The molecule has 9 heteroatoms. The smallest absolute Gasteiger partial charge is 0.461 e. The molecule has 2 aromatic carbocycles. The molecule has 0 saturated heterocycles. The highest BCUT2D eigenvalue weighted by molar-refractivity contribution is 7.99. The van der Waals surface area contributed by atoms with Gasteiger partial charge >= 0.3 is 14.8 Å². The van der Waals surface area contributed by atoms with Crippen molar-refractivity contribution >= 4 is 26.5 Å². The summed E-state index contributed by atoms with van der Waals surface area (Å²) in [5.41, 5.74) is 1.98. The molecule has 0 amide bonds. The summed E-state index contributed by atoms with van der Waals surface area (Å²) in [6.45, 7) is 8.04. The zero-order chi connectivity index (χ0) is 24.9. The Bertz CT molecular complexity index is 895. The molecule has 3 rings (SSSR count). The highest BCUT2D eigenvalue weighted by atomic mass is 32.2. The number of esters is 1. The first-order valence-corrected chi connectivity index (χ1v) is 15.2. The quantitative estimate of drug-likeness (QED) is 0.157. The van der Waals surface area contributed by atoms with Gasteiger partial charge in [-0.25, -0.2) is 0 Å². The van der Waals surface area contributed by atoms with Crippen molar-refractivity contribution in [2.45, 2.75) is 51.5 Å². The summed E-state index contributed by atoms with van der Waals surface area (Å²) >= 11 is 1.75. The topological polar surface area (TPSA) is 72.5 Å². The summed E-state index contributed by atoms with van der Waals surface area (Å²) in [5, 5.41) is 0.00259. The summed E-state index contributed by atoms with van der Waals surface area (Å²) in [6, 6.07) is 16.4. The van der Waals surface area contributed by atoms with Gasteiger partial charge in [0.05, 0.1) is 6.42 Å². The Kier molecular flexibility index (Phi) is 11.4. The largest absolute Gasteiger partial charge is 0.500 e.